The molecule has 3 atom stereocenters. The molecule has 0 bridgehead atoms. The summed E-state index contributed by atoms with van der Waals surface area (Å²) in [6.07, 6.45) is 6.32. The number of hydrogen-bond acceptors (Lipinski definition) is 4. The van der Waals surface area contributed by atoms with Gasteiger partial charge in [-0.2, -0.15) is 0 Å². The zero-order valence-corrected chi connectivity index (χ0v) is 16.9. The second kappa shape index (κ2) is 7.70. The van der Waals surface area contributed by atoms with Gasteiger partial charge in [0.1, 0.15) is 6.61 Å². The van der Waals surface area contributed by atoms with E-state index in [0.717, 1.165) is 0 Å². The van der Waals surface area contributed by atoms with Gasteiger partial charge in [0, 0.05) is 12.3 Å². The van der Waals surface area contributed by atoms with Gasteiger partial charge in [0.15, 0.2) is 11.5 Å². The third kappa shape index (κ3) is 3.74. The molecule has 1 aromatic carbocycles. The molecule has 0 aliphatic carbocycles. The van der Waals surface area contributed by atoms with E-state index in [9.17, 15) is 4.79 Å². The topological polar surface area (TPSA) is 44.8 Å². The molecule has 2 saturated heterocycles. The van der Waals surface area contributed by atoms with Gasteiger partial charge in [-0.25, -0.2) is 4.79 Å². The van der Waals surface area contributed by atoms with Crippen LogP contribution in [-0.4, -0.2) is 50.0 Å². The zero-order chi connectivity index (χ0) is 16.6. The van der Waals surface area contributed by atoms with Gasteiger partial charge in [0.2, 0.25) is 6.79 Å². The van der Waals surface area contributed by atoms with E-state index in [-0.39, 0.29) is 36.7 Å². The fourth-order valence-electron chi connectivity index (χ4n) is 4.72. The first-order valence-corrected chi connectivity index (χ1v) is 9.07. The van der Waals surface area contributed by atoms with E-state index in [1.165, 1.54) is 49.7 Å². The van der Waals surface area contributed by atoms with Gasteiger partial charge in [-0.3, -0.25) is 0 Å². The second-order valence-electron chi connectivity index (χ2n) is 7.56. The lowest BCUT2D eigenvalue weighted by molar-refractivity contribution is -0.947. The van der Waals surface area contributed by atoms with Crippen molar-refractivity contribution in [2.45, 2.75) is 38.1 Å². The summed E-state index contributed by atoms with van der Waals surface area (Å²) in [6.45, 7) is 3.30. The predicted molar refractivity (Wildman–Crippen MR) is 89.1 cm³/mol. The average Bonchev–Trinajstić information content (AvgIpc) is 3.06. The van der Waals surface area contributed by atoms with E-state index in [1.807, 2.05) is 0 Å². The van der Waals surface area contributed by atoms with Gasteiger partial charge in [-0.05, 0) is 43.9 Å². The molecule has 6 heteroatoms. The molecule has 2 fully saturated rings. The summed E-state index contributed by atoms with van der Waals surface area (Å²) >= 11 is 0. The highest BCUT2D eigenvalue weighted by Gasteiger charge is 2.43. The summed E-state index contributed by atoms with van der Waals surface area (Å²) in [5, 5.41) is 0. The molecule has 0 amide bonds. The van der Waals surface area contributed by atoms with Crippen molar-refractivity contribution in [2.75, 3.05) is 33.5 Å². The highest BCUT2D eigenvalue weighted by Crippen LogP contribution is 2.36. The number of rotatable bonds is 3. The lowest BCUT2D eigenvalue weighted by Crippen LogP contribution is -3.00. The van der Waals surface area contributed by atoms with Crippen molar-refractivity contribution in [3.8, 4) is 11.5 Å². The SMILES string of the molecule is C[N+]12CCCC[C@@H]1[C@H](COC(=O)c1ccc3c(c1)OCO3)CCC2.[I-]. The maximum atomic E-state index is 12.4. The number of hydrogen-bond donors (Lipinski definition) is 0. The average molecular weight is 459 g/mol. The van der Waals surface area contributed by atoms with Crippen LogP contribution in [0.3, 0.4) is 0 Å². The Morgan fingerprint density at radius 3 is 2.84 bits per heavy atom. The molecule has 0 aromatic heterocycles. The highest BCUT2D eigenvalue weighted by atomic mass is 127. The molecule has 3 heterocycles. The molecule has 5 nitrogen and oxygen atoms in total. The van der Waals surface area contributed by atoms with Crippen molar-refractivity contribution >= 4 is 5.97 Å². The van der Waals surface area contributed by atoms with Gasteiger partial charge in [0.05, 0.1) is 31.7 Å². The highest BCUT2D eigenvalue weighted by molar-refractivity contribution is 5.90. The van der Waals surface area contributed by atoms with Crippen LogP contribution < -0.4 is 33.5 Å². The van der Waals surface area contributed by atoms with Crippen LogP contribution in [0.2, 0.25) is 0 Å². The zero-order valence-electron chi connectivity index (χ0n) is 14.7. The predicted octanol–water partition coefficient (Wildman–Crippen LogP) is -0.0148. The first-order valence-electron chi connectivity index (χ1n) is 9.07. The van der Waals surface area contributed by atoms with Crippen LogP contribution in [0.1, 0.15) is 42.5 Å². The molecule has 1 unspecified atom stereocenters. The van der Waals surface area contributed by atoms with Crippen LogP contribution in [0.5, 0.6) is 11.5 Å². The molecule has 0 saturated carbocycles. The van der Waals surface area contributed by atoms with E-state index in [4.69, 9.17) is 14.2 Å². The second-order valence-corrected chi connectivity index (χ2v) is 7.56. The number of nitrogens with zero attached hydrogens (tertiary/aromatic N) is 1. The standard InChI is InChI=1S/C19H26NO4.HI/c1-20-9-3-2-6-16(20)15(5-4-10-20)12-22-19(21)14-7-8-17-18(11-14)24-13-23-17;/h7-8,11,15-16H,2-6,9-10,12-13H2,1H3;1H/q+1;/p-1/t15-,16+,20?;/m0./s1. The Kier molecular flexibility index (Phi) is 5.78. The van der Waals surface area contributed by atoms with Crippen molar-refractivity contribution in [2.24, 2.45) is 5.92 Å². The number of ether oxygens (including phenoxy) is 3. The molecule has 0 radical (unpaired) electrons. The van der Waals surface area contributed by atoms with Crippen LogP contribution in [0, 0.1) is 5.92 Å². The van der Waals surface area contributed by atoms with Crippen LogP contribution in [0.4, 0.5) is 0 Å². The van der Waals surface area contributed by atoms with Crippen LogP contribution in [0.25, 0.3) is 0 Å². The minimum absolute atomic E-state index is 0. The maximum absolute atomic E-state index is 12.4. The molecule has 4 rings (SSSR count). The first kappa shape index (κ1) is 18.8. The maximum Gasteiger partial charge on any atom is 0.338 e. The van der Waals surface area contributed by atoms with Crippen molar-refractivity contribution in [3.63, 3.8) is 0 Å². The summed E-state index contributed by atoms with van der Waals surface area (Å²) in [6, 6.07) is 5.88. The molecular formula is C19H26INO4. The van der Waals surface area contributed by atoms with Crippen LogP contribution >= 0.6 is 0 Å². The van der Waals surface area contributed by atoms with Crippen molar-refractivity contribution in [1.29, 1.82) is 0 Å². The van der Waals surface area contributed by atoms with E-state index in [2.05, 4.69) is 7.05 Å². The monoisotopic (exact) mass is 459 g/mol. The van der Waals surface area contributed by atoms with Gasteiger partial charge in [0.25, 0.3) is 0 Å². The molecular weight excluding hydrogens is 433 g/mol. The van der Waals surface area contributed by atoms with E-state index in [0.29, 0.717) is 35.6 Å². The quantitative estimate of drug-likeness (QED) is 0.363. The number of carbonyl (C=O) groups excluding carboxylic acids is 1. The first-order chi connectivity index (χ1) is 11.7. The third-order valence-electron chi connectivity index (χ3n) is 6.04. The van der Waals surface area contributed by atoms with Gasteiger partial charge in [-0.1, -0.05) is 0 Å². The number of esters is 1. The molecule has 0 spiro atoms. The Bertz CT molecular complexity index is 634. The normalized spacial score (nSPS) is 30.1. The molecule has 1 aromatic rings. The Hall–Kier alpha value is -1.02. The van der Waals surface area contributed by atoms with E-state index >= 15 is 0 Å². The fraction of sp³-hybridized carbons (Fsp3) is 0.632. The number of benzene rings is 1. The Balaban J connectivity index is 0.00000182. The van der Waals surface area contributed by atoms with E-state index in [1.54, 1.807) is 18.2 Å². The Labute approximate surface area is 166 Å². The lowest BCUT2D eigenvalue weighted by atomic mass is 9.82. The Morgan fingerprint density at radius 2 is 1.96 bits per heavy atom. The summed E-state index contributed by atoms with van der Waals surface area (Å²) in [5.41, 5.74) is 0.538. The van der Waals surface area contributed by atoms with Crippen molar-refractivity contribution < 1.29 is 47.5 Å². The number of piperidine rings is 2. The largest absolute Gasteiger partial charge is 1.00 e. The fourth-order valence-corrected chi connectivity index (χ4v) is 4.72. The number of carbonyl (C=O) groups is 1. The molecule has 138 valence electrons. The summed E-state index contributed by atoms with van der Waals surface area (Å²) in [4.78, 5) is 12.4. The minimum atomic E-state index is -0.260. The number of halogens is 1. The lowest BCUT2D eigenvalue weighted by Gasteiger charge is -2.51. The summed E-state index contributed by atoms with van der Waals surface area (Å²) < 4.78 is 17.5. The van der Waals surface area contributed by atoms with Crippen LogP contribution in [0.15, 0.2) is 18.2 Å². The number of quaternary nitrogens is 1. The van der Waals surface area contributed by atoms with Crippen molar-refractivity contribution in [1.82, 2.24) is 0 Å². The number of fused-ring (bicyclic) bond motifs is 2. The van der Waals surface area contributed by atoms with Crippen LogP contribution in [-0.2, 0) is 4.74 Å². The molecule has 3 aliphatic heterocycles. The van der Waals surface area contributed by atoms with E-state index < -0.39 is 0 Å². The molecule has 25 heavy (non-hydrogen) atoms. The van der Waals surface area contributed by atoms with Gasteiger partial charge < -0.3 is 42.7 Å². The molecule has 0 N–H and O–H groups in total. The molecule has 3 aliphatic rings. The third-order valence-corrected chi connectivity index (χ3v) is 6.04. The van der Waals surface area contributed by atoms with Gasteiger partial charge >= 0.3 is 5.97 Å². The Morgan fingerprint density at radius 1 is 1.16 bits per heavy atom. The van der Waals surface area contributed by atoms with Crippen molar-refractivity contribution in [3.05, 3.63) is 23.8 Å². The minimum Gasteiger partial charge on any atom is -1.00 e. The van der Waals surface area contributed by atoms with Gasteiger partial charge in [-0.15, -0.1) is 0 Å². The summed E-state index contributed by atoms with van der Waals surface area (Å²) in [7, 11) is 2.38. The smallest absolute Gasteiger partial charge is 0.338 e. The summed E-state index contributed by atoms with van der Waals surface area (Å²) in [5.74, 6) is 1.54.